The zero-order valence-electron chi connectivity index (χ0n) is 9.99. The van der Waals surface area contributed by atoms with Crippen molar-refractivity contribution in [2.75, 3.05) is 12.0 Å². The Morgan fingerprint density at radius 3 is 2.27 bits per heavy atom. The highest BCUT2D eigenvalue weighted by Crippen LogP contribution is 2.27. The molecule has 1 aliphatic rings. The standard InChI is InChI=1S/C11H23NO2S/c1-9(8-15(3,13)14)12-10(2)11-6-4-5-7-11/h9-12H,4-8H2,1-3H3/t9?,10-/m0/s1. The molecule has 0 saturated heterocycles. The van der Waals surface area contributed by atoms with Crippen LogP contribution in [0.2, 0.25) is 0 Å². The molecule has 0 aliphatic heterocycles. The summed E-state index contributed by atoms with van der Waals surface area (Å²) in [6, 6.07) is 0.514. The van der Waals surface area contributed by atoms with E-state index >= 15 is 0 Å². The topological polar surface area (TPSA) is 46.2 Å². The first-order valence-corrected chi connectivity index (χ1v) is 7.88. The molecule has 1 N–H and O–H groups in total. The van der Waals surface area contributed by atoms with Gasteiger partial charge in [-0.05, 0) is 32.6 Å². The van der Waals surface area contributed by atoms with Crippen LogP contribution >= 0.6 is 0 Å². The van der Waals surface area contributed by atoms with Crippen LogP contribution < -0.4 is 5.32 Å². The fourth-order valence-corrected chi connectivity index (χ4v) is 3.55. The average Bonchev–Trinajstić information content (AvgIpc) is 2.50. The maximum atomic E-state index is 11.1. The van der Waals surface area contributed by atoms with Gasteiger partial charge in [-0.3, -0.25) is 0 Å². The Balaban J connectivity index is 2.33. The maximum Gasteiger partial charge on any atom is 0.148 e. The lowest BCUT2D eigenvalue weighted by atomic mass is 9.99. The molecule has 1 fully saturated rings. The molecule has 1 saturated carbocycles. The first kappa shape index (κ1) is 13.0. The number of rotatable bonds is 5. The molecule has 0 radical (unpaired) electrons. The second-order valence-corrected chi connectivity index (χ2v) is 7.18. The molecule has 0 spiro atoms. The molecule has 0 amide bonds. The zero-order chi connectivity index (χ0) is 11.5. The molecule has 3 nitrogen and oxygen atoms in total. The summed E-state index contributed by atoms with van der Waals surface area (Å²) in [6.45, 7) is 4.13. The predicted molar refractivity (Wildman–Crippen MR) is 63.7 cm³/mol. The molecule has 1 unspecified atom stereocenters. The van der Waals surface area contributed by atoms with Crippen molar-refractivity contribution in [1.29, 1.82) is 0 Å². The van der Waals surface area contributed by atoms with Crippen LogP contribution in [0.1, 0.15) is 39.5 Å². The zero-order valence-corrected chi connectivity index (χ0v) is 10.8. The van der Waals surface area contributed by atoms with Gasteiger partial charge < -0.3 is 5.32 Å². The van der Waals surface area contributed by atoms with E-state index in [9.17, 15) is 8.42 Å². The third-order valence-corrected chi connectivity index (χ3v) is 4.31. The van der Waals surface area contributed by atoms with Crippen molar-refractivity contribution in [2.45, 2.75) is 51.6 Å². The van der Waals surface area contributed by atoms with Gasteiger partial charge >= 0.3 is 0 Å². The molecule has 0 aromatic rings. The Bertz CT molecular complexity index is 281. The predicted octanol–water partition coefficient (Wildman–Crippen LogP) is 1.59. The van der Waals surface area contributed by atoms with Gasteiger partial charge in [0.05, 0.1) is 5.75 Å². The number of nitrogens with one attached hydrogen (secondary N) is 1. The molecule has 1 aliphatic carbocycles. The van der Waals surface area contributed by atoms with Gasteiger partial charge in [-0.15, -0.1) is 0 Å². The number of hydrogen-bond acceptors (Lipinski definition) is 3. The van der Waals surface area contributed by atoms with Crippen molar-refractivity contribution in [3.05, 3.63) is 0 Å². The highest BCUT2D eigenvalue weighted by atomic mass is 32.2. The first-order valence-electron chi connectivity index (χ1n) is 5.82. The molecule has 15 heavy (non-hydrogen) atoms. The molecule has 0 heterocycles. The van der Waals surface area contributed by atoms with Gasteiger partial charge in [0.2, 0.25) is 0 Å². The van der Waals surface area contributed by atoms with Crippen LogP contribution in [0.25, 0.3) is 0 Å². The van der Waals surface area contributed by atoms with Gasteiger partial charge in [0, 0.05) is 18.3 Å². The van der Waals surface area contributed by atoms with Crippen LogP contribution in [-0.2, 0) is 9.84 Å². The minimum Gasteiger partial charge on any atom is -0.310 e. The van der Waals surface area contributed by atoms with E-state index in [-0.39, 0.29) is 11.8 Å². The third-order valence-electron chi connectivity index (χ3n) is 3.21. The summed E-state index contributed by atoms with van der Waals surface area (Å²) < 4.78 is 22.2. The molecule has 2 atom stereocenters. The van der Waals surface area contributed by atoms with E-state index in [0.717, 1.165) is 5.92 Å². The molecular formula is C11H23NO2S. The van der Waals surface area contributed by atoms with E-state index in [4.69, 9.17) is 0 Å². The van der Waals surface area contributed by atoms with Crippen molar-refractivity contribution >= 4 is 9.84 Å². The van der Waals surface area contributed by atoms with E-state index in [1.165, 1.54) is 31.9 Å². The van der Waals surface area contributed by atoms with Crippen molar-refractivity contribution in [2.24, 2.45) is 5.92 Å². The largest absolute Gasteiger partial charge is 0.310 e. The molecule has 1 rings (SSSR count). The second-order valence-electron chi connectivity index (χ2n) is 4.99. The van der Waals surface area contributed by atoms with E-state index in [1.54, 1.807) is 0 Å². The smallest absolute Gasteiger partial charge is 0.148 e. The number of hydrogen-bond donors (Lipinski definition) is 1. The highest BCUT2D eigenvalue weighted by Gasteiger charge is 2.23. The van der Waals surface area contributed by atoms with E-state index < -0.39 is 9.84 Å². The van der Waals surface area contributed by atoms with E-state index in [1.807, 2.05) is 6.92 Å². The Hall–Kier alpha value is -0.0900. The van der Waals surface area contributed by atoms with Crippen molar-refractivity contribution in [3.63, 3.8) is 0 Å². The fourth-order valence-electron chi connectivity index (χ4n) is 2.54. The summed E-state index contributed by atoms with van der Waals surface area (Å²) in [5.41, 5.74) is 0. The van der Waals surface area contributed by atoms with Crippen LogP contribution in [0, 0.1) is 5.92 Å². The average molecular weight is 233 g/mol. The molecule has 0 aromatic heterocycles. The van der Waals surface area contributed by atoms with Crippen molar-refractivity contribution in [1.82, 2.24) is 5.32 Å². The summed E-state index contributed by atoms with van der Waals surface area (Å²) in [5.74, 6) is 0.983. The quantitative estimate of drug-likeness (QED) is 0.784. The summed E-state index contributed by atoms with van der Waals surface area (Å²) in [7, 11) is -2.86. The van der Waals surface area contributed by atoms with Gasteiger partial charge in [0.25, 0.3) is 0 Å². The van der Waals surface area contributed by atoms with Crippen LogP contribution in [0.5, 0.6) is 0 Å². The Kier molecular flexibility index (Phi) is 4.59. The first-order chi connectivity index (χ1) is 6.88. The lowest BCUT2D eigenvalue weighted by Crippen LogP contribution is -2.42. The van der Waals surface area contributed by atoms with Gasteiger partial charge in [-0.2, -0.15) is 0 Å². The number of sulfone groups is 1. The van der Waals surface area contributed by atoms with E-state index in [2.05, 4.69) is 12.2 Å². The lowest BCUT2D eigenvalue weighted by molar-refractivity contribution is 0.358. The van der Waals surface area contributed by atoms with Gasteiger partial charge in [0.1, 0.15) is 9.84 Å². The SMILES string of the molecule is CC(CS(C)(=O)=O)N[C@@H](C)C1CCCC1. The normalized spacial score (nSPS) is 22.9. The summed E-state index contributed by atoms with van der Waals surface area (Å²) in [5, 5.41) is 3.40. The van der Waals surface area contributed by atoms with Crippen LogP contribution in [0.15, 0.2) is 0 Å². The molecule has 0 bridgehead atoms. The summed E-state index contributed by atoms with van der Waals surface area (Å²) >= 11 is 0. The van der Waals surface area contributed by atoms with Gasteiger partial charge in [-0.25, -0.2) is 8.42 Å². The fraction of sp³-hybridized carbons (Fsp3) is 1.00. The minimum absolute atomic E-state index is 0.0654. The molecule has 90 valence electrons. The second kappa shape index (κ2) is 5.30. The third kappa shape index (κ3) is 4.98. The molecule has 4 heteroatoms. The minimum atomic E-state index is -2.86. The van der Waals surface area contributed by atoms with Crippen molar-refractivity contribution < 1.29 is 8.42 Å². The monoisotopic (exact) mass is 233 g/mol. The van der Waals surface area contributed by atoms with Crippen molar-refractivity contribution in [3.8, 4) is 0 Å². The molecule has 0 aromatic carbocycles. The van der Waals surface area contributed by atoms with Crippen LogP contribution in [-0.4, -0.2) is 32.5 Å². The van der Waals surface area contributed by atoms with Gasteiger partial charge in [0.15, 0.2) is 0 Å². The highest BCUT2D eigenvalue weighted by molar-refractivity contribution is 7.90. The summed E-state index contributed by atoms with van der Waals surface area (Å²) in [4.78, 5) is 0. The van der Waals surface area contributed by atoms with E-state index in [0.29, 0.717) is 6.04 Å². The molecular weight excluding hydrogens is 210 g/mol. The van der Waals surface area contributed by atoms with Gasteiger partial charge in [-0.1, -0.05) is 12.8 Å². The maximum absolute atomic E-state index is 11.1. The van der Waals surface area contributed by atoms with Crippen LogP contribution in [0.3, 0.4) is 0 Å². The Labute approximate surface area is 93.6 Å². The Morgan fingerprint density at radius 2 is 1.80 bits per heavy atom. The lowest BCUT2D eigenvalue weighted by Gasteiger charge is -2.24. The Morgan fingerprint density at radius 1 is 1.27 bits per heavy atom. The summed E-state index contributed by atoms with van der Waals surface area (Å²) in [6.07, 6.45) is 6.54. The van der Waals surface area contributed by atoms with Crippen LogP contribution in [0.4, 0.5) is 0 Å².